The van der Waals surface area contributed by atoms with Crippen LogP contribution in [0.4, 0.5) is 5.69 Å². The predicted molar refractivity (Wildman–Crippen MR) is 76.4 cm³/mol. The van der Waals surface area contributed by atoms with Crippen molar-refractivity contribution in [2.45, 2.75) is 12.8 Å². The third-order valence-corrected chi connectivity index (χ3v) is 4.02. The Morgan fingerprint density at radius 2 is 1.38 bits per heavy atom. The van der Waals surface area contributed by atoms with Gasteiger partial charge in [0.1, 0.15) is 5.78 Å². The fourth-order valence-electron chi connectivity index (χ4n) is 3.00. The number of fused-ring (bicyclic) bond motifs is 2. The zero-order valence-electron chi connectivity index (χ0n) is 11.1. The molecule has 0 saturated heterocycles. The van der Waals surface area contributed by atoms with E-state index < -0.39 is 0 Å². The minimum absolute atomic E-state index is 0.171. The van der Waals surface area contributed by atoms with E-state index in [9.17, 15) is 14.4 Å². The Morgan fingerprint density at radius 1 is 0.762 bits per heavy atom. The van der Waals surface area contributed by atoms with E-state index in [4.69, 9.17) is 0 Å². The van der Waals surface area contributed by atoms with E-state index in [-0.39, 0.29) is 17.6 Å². The van der Waals surface area contributed by atoms with Crippen LogP contribution in [0.3, 0.4) is 0 Å². The monoisotopic (exact) mass is 277 g/mol. The molecule has 4 heteroatoms. The summed E-state index contributed by atoms with van der Waals surface area (Å²) in [6.07, 6.45) is 0.823. The molecule has 4 nitrogen and oxygen atoms in total. The Labute approximate surface area is 121 Å². The van der Waals surface area contributed by atoms with Crippen molar-refractivity contribution < 1.29 is 14.4 Å². The number of benzene rings is 2. The minimum atomic E-state index is -0.306. The molecule has 1 heterocycles. The Bertz CT molecular complexity index is 788. The third kappa shape index (κ3) is 1.65. The maximum atomic E-state index is 12.4. The first-order chi connectivity index (χ1) is 10.1. The SMILES string of the molecule is O=C1Cc2ccc(N3C(=O)c4ccccc4C3=O)cc2C1. The lowest BCUT2D eigenvalue weighted by Gasteiger charge is -2.15. The first-order valence-electron chi connectivity index (χ1n) is 6.76. The standard InChI is InChI=1S/C17H11NO3/c19-13-8-10-5-6-12(7-11(10)9-13)18-16(20)14-3-1-2-4-15(14)17(18)21/h1-7H,8-9H2. The van der Waals surface area contributed by atoms with Crippen LogP contribution in [0.25, 0.3) is 0 Å². The van der Waals surface area contributed by atoms with Crippen LogP contribution in [0.1, 0.15) is 31.8 Å². The number of hydrogen-bond donors (Lipinski definition) is 0. The quantitative estimate of drug-likeness (QED) is 0.750. The highest BCUT2D eigenvalue weighted by Gasteiger charge is 2.36. The summed E-state index contributed by atoms with van der Waals surface area (Å²) in [5.41, 5.74) is 3.29. The van der Waals surface area contributed by atoms with E-state index in [0.29, 0.717) is 29.7 Å². The van der Waals surface area contributed by atoms with E-state index in [0.717, 1.165) is 11.1 Å². The summed E-state index contributed by atoms with van der Waals surface area (Å²) < 4.78 is 0. The fourth-order valence-corrected chi connectivity index (χ4v) is 3.00. The number of Topliss-reactive ketones (excluding diaryl/α,β-unsaturated/α-hetero) is 1. The van der Waals surface area contributed by atoms with Crippen LogP contribution < -0.4 is 4.90 Å². The molecule has 102 valence electrons. The molecule has 0 aromatic heterocycles. The molecule has 2 aliphatic rings. The molecule has 1 aliphatic heterocycles. The normalized spacial score (nSPS) is 16.4. The average molecular weight is 277 g/mol. The number of nitrogens with zero attached hydrogens (tertiary/aromatic N) is 1. The summed E-state index contributed by atoms with van der Waals surface area (Å²) in [6, 6.07) is 12.2. The molecule has 0 fully saturated rings. The minimum Gasteiger partial charge on any atom is -0.299 e. The lowest BCUT2D eigenvalue weighted by molar-refractivity contribution is -0.117. The van der Waals surface area contributed by atoms with Gasteiger partial charge in [-0.15, -0.1) is 0 Å². The maximum Gasteiger partial charge on any atom is 0.266 e. The Morgan fingerprint density at radius 3 is 2.05 bits per heavy atom. The molecule has 21 heavy (non-hydrogen) atoms. The van der Waals surface area contributed by atoms with E-state index in [2.05, 4.69) is 0 Å². The van der Waals surface area contributed by atoms with Gasteiger partial charge in [-0.3, -0.25) is 14.4 Å². The van der Waals surface area contributed by atoms with Crippen molar-refractivity contribution in [3.05, 3.63) is 64.7 Å². The zero-order valence-corrected chi connectivity index (χ0v) is 11.1. The summed E-state index contributed by atoms with van der Waals surface area (Å²) in [7, 11) is 0. The highest BCUT2D eigenvalue weighted by atomic mass is 16.2. The molecule has 1 aliphatic carbocycles. The molecule has 2 aromatic rings. The van der Waals surface area contributed by atoms with E-state index >= 15 is 0 Å². The molecule has 0 saturated carbocycles. The number of imide groups is 1. The molecular formula is C17H11NO3. The van der Waals surface area contributed by atoms with Crippen LogP contribution in [0.2, 0.25) is 0 Å². The van der Waals surface area contributed by atoms with Gasteiger partial charge in [0.2, 0.25) is 0 Å². The van der Waals surface area contributed by atoms with Crippen LogP contribution >= 0.6 is 0 Å². The highest BCUT2D eigenvalue weighted by Crippen LogP contribution is 2.31. The number of amides is 2. The van der Waals surface area contributed by atoms with Crippen molar-refractivity contribution in [2.24, 2.45) is 0 Å². The second kappa shape index (κ2) is 4.12. The van der Waals surface area contributed by atoms with Crippen LogP contribution in [-0.2, 0) is 17.6 Å². The topological polar surface area (TPSA) is 54.5 Å². The first kappa shape index (κ1) is 12.0. The van der Waals surface area contributed by atoms with Gasteiger partial charge in [0.15, 0.2) is 0 Å². The highest BCUT2D eigenvalue weighted by molar-refractivity contribution is 6.34. The molecule has 0 atom stereocenters. The molecule has 0 bridgehead atoms. The van der Waals surface area contributed by atoms with Crippen molar-refractivity contribution in [1.82, 2.24) is 0 Å². The van der Waals surface area contributed by atoms with Gasteiger partial charge in [-0.2, -0.15) is 0 Å². The average Bonchev–Trinajstić information content (AvgIpc) is 2.97. The lowest BCUT2D eigenvalue weighted by atomic mass is 10.1. The smallest absolute Gasteiger partial charge is 0.266 e. The predicted octanol–water partition coefficient (Wildman–Crippen LogP) is 2.15. The molecule has 2 amide bonds. The number of rotatable bonds is 1. The van der Waals surface area contributed by atoms with Crippen molar-refractivity contribution in [1.29, 1.82) is 0 Å². The van der Waals surface area contributed by atoms with Crippen LogP contribution in [0.5, 0.6) is 0 Å². The fraction of sp³-hybridized carbons (Fsp3) is 0.118. The van der Waals surface area contributed by atoms with Gasteiger partial charge in [0.05, 0.1) is 16.8 Å². The van der Waals surface area contributed by atoms with Crippen LogP contribution in [0, 0.1) is 0 Å². The van der Waals surface area contributed by atoms with Crippen molar-refractivity contribution >= 4 is 23.3 Å². The summed E-state index contributed by atoms with van der Waals surface area (Å²) in [6.45, 7) is 0. The Balaban J connectivity index is 1.79. The number of carbonyl (C=O) groups excluding carboxylic acids is 3. The molecule has 2 aromatic carbocycles. The van der Waals surface area contributed by atoms with Gasteiger partial charge < -0.3 is 0 Å². The second-order valence-corrected chi connectivity index (χ2v) is 5.34. The molecule has 4 rings (SSSR count). The molecule has 0 N–H and O–H groups in total. The van der Waals surface area contributed by atoms with E-state index in [1.165, 1.54) is 4.90 Å². The van der Waals surface area contributed by atoms with Gasteiger partial charge in [0, 0.05) is 12.8 Å². The number of carbonyl (C=O) groups is 3. The molecular weight excluding hydrogens is 266 g/mol. The van der Waals surface area contributed by atoms with Gasteiger partial charge in [-0.25, -0.2) is 4.90 Å². The van der Waals surface area contributed by atoms with Crippen molar-refractivity contribution in [2.75, 3.05) is 4.90 Å². The van der Waals surface area contributed by atoms with Crippen LogP contribution in [0.15, 0.2) is 42.5 Å². The maximum absolute atomic E-state index is 12.4. The van der Waals surface area contributed by atoms with Gasteiger partial charge in [-0.1, -0.05) is 18.2 Å². The van der Waals surface area contributed by atoms with E-state index in [1.54, 1.807) is 36.4 Å². The summed E-state index contributed by atoms with van der Waals surface area (Å²) >= 11 is 0. The second-order valence-electron chi connectivity index (χ2n) is 5.34. The Kier molecular flexibility index (Phi) is 2.36. The number of hydrogen-bond acceptors (Lipinski definition) is 3. The number of anilines is 1. The molecule has 0 spiro atoms. The lowest BCUT2D eigenvalue weighted by Crippen LogP contribution is -2.29. The first-order valence-corrected chi connectivity index (χ1v) is 6.76. The van der Waals surface area contributed by atoms with E-state index in [1.807, 2.05) is 6.07 Å². The molecule has 0 unspecified atom stereocenters. The number of ketones is 1. The van der Waals surface area contributed by atoms with Crippen LogP contribution in [-0.4, -0.2) is 17.6 Å². The summed E-state index contributed by atoms with van der Waals surface area (Å²) in [4.78, 5) is 37.5. The van der Waals surface area contributed by atoms with Gasteiger partial charge in [0.25, 0.3) is 11.8 Å². The largest absolute Gasteiger partial charge is 0.299 e. The Hall–Kier alpha value is -2.75. The van der Waals surface area contributed by atoms with Gasteiger partial charge in [-0.05, 0) is 35.4 Å². The summed E-state index contributed by atoms with van der Waals surface area (Å²) in [5.74, 6) is -0.441. The van der Waals surface area contributed by atoms with Crippen molar-refractivity contribution in [3.8, 4) is 0 Å². The van der Waals surface area contributed by atoms with Crippen molar-refractivity contribution in [3.63, 3.8) is 0 Å². The van der Waals surface area contributed by atoms with Gasteiger partial charge >= 0.3 is 0 Å². The zero-order chi connectivity index (χ0) is 14.6. The summed E-state index contributed by atoms with van der Waals surface area (Å²) in [5, 5.41) is 0. The third-order valence-electron chi connectivity index (χ3n) is 4.02. The molecule has 0 radical (unpaired) electrons.